The molecule has 2 aliphatic heterocycles. The van der Waals surface area contributed by atoms with Crippen molar-refractivity contribution < 1.29 is 24.2 Å². The first kappa shape index (κ1) is 51.6. The fraction of sp³-hybridized carbons (Fsp3) is 0.281. The van der Waals surface area contributed by atoms with Gasteiger partial charge in [-0.2, -0.15) is 10.2 Å². The lowest BCUT2D eigenvalue weighted by Crippen LogP contribution is -2.44. The van der Waals surface area contributed by atoms with Crippen molar-refractivity contribution in [1.29, 1.82) is 0 Å². The maximum absolute atomic E-state index is 12.0. The normalized spacial score (nSPS) is 14.6. The Labute approximate surface area is 454 Å². The lowest BCUT2D eigenvalue weighted by atomic mass is 9.96. The average Bonchev–Trinajstić information content (AvgIpc) is 4.08. The highest BCUT2D eigenvalue weighted by Gasteiger charge is 2.27. The van der Waals surface area contributed by atoms with Crippen LogP contribution in [-0.2, 0) is 0 Å². The number of carbonyl (C=O) groups is 2. The molecule has 14 nitrogen and oxygen atoms in total. The summed E-state index contributed by atoms with van der Waals surface area (Å²) in [4.78, 5) is 38.2. The van der Waals surface area contributed by atoms with Gasteiger partial charge in [-0.25, -0.2) is 23.8 Å². The second-order valence-electron chi connectivity index (χ2n) is 21.9. The Morgan fingerprint density at radius 3 is 1.29 bits per heavy atom. The zero-order valence-electron chi connectivity index (χ0n) is 44.7. The number of carboxylic acids is 1. The second kappa shape index (κ2) is 21.9. The van der Waals surface area contributed by atoms with Gasteiger partial charge in [0.1, 0.15) is 22.7 Å². The molecule has 1 amide bonds. The number of aromatic nitrogens is 6. The van der Waals surface area contributed by atoms with Gasteiger partial charge in [-0.3, -0.25) is 14.6 Å². The van der Waals surface area contributed by atoms with Crippen molar-refractivity contribution in [3.63, 3.8) is 0 Å². The number of nitrogens with two attached hydrogens (primary N) is 1. The fourth-order valence-electron chi connectivity index (χ4n) is 11.3. The molecule has 0 aliphatic carbocycles. The number of ether oxygens (including phenoxy) is 2. The Morgan fingerprint density at radius 2 is 0.885 bits per heavy atom. The molecule has 4 aromatic heterocycles. The number of aromatic carboxylic acids is 1. The van der Waals surface area contributed by atoms with Crippen LogP contribution in [0, 0.1) is 0 Å². The highest BCUT2D eigenvalue weighted by atomic mass is 16.5. The molecule has 12 rings (SSSR count). The first-order valence-corrected chi connectivity index (χ1v) is 27.0. The molecule has 2 saturated heterocycles. The van der Waals surface area contributed by atoms with Gasteiger partial charge < -0.3 is 20.3 Å². The maximum Gasteiger partial charge on any atom is 0.336 e. The van der Waals surface area contributed by atoms with E-state index in [2.05, 4.69) is 72.0 Å². The quantitative estimate of drug-likeness (QED) is 0.106. The Balaban J connectivity index is 0.000000165. The summed E-state index contributed by atoms with van der Waals surface area (Å²) in [5.74, 6) is 0.333. The van der Waals surface area contributed by atoms with Gasteiger partial charge in [-0.1, -0.05) is 97.8 Å². The van der Waals surface area contributed by atoms with E-state index in [0.29, 0.717) is 16.6 Å². The number of benzene rings is 6. The number of rotatable bonds is 14. The van der Waals surface area contributed by atoms with Crippen molar-refractivity contribution in [2.24, 2.45) is 5.73 Å². The molecule has 3 N–H and O–H groups in total. The number of carboxylic acid groups (broad SMARTS) is 1. The predicted octanol–water partition coefficient (Wildman–Crippen LogP) is 12.5. The fourth-order valence-corrected chi connectivity index (χ4v) is 11.3. The molecule has 14 heteroatoms. The zero-order valence-corrected chi connectivity index (χ0v) is 44.7. The van der Waals surface area contributed by atoms with Crippen molar-refractivity contribution in [1.82, 2.24) is 39.0 Å². The number of carbonyl (C=O) groups excluding carboxylic acids is 1. The third-order valence-electron chi connectivity index (χ3n) is 14.9. The first-order valence-electron chi connectivity index (χ1n) is 27.0. The molecule has 6 heterocycles. The van der Waals surface area contributed by atoms with Crippen LogP contribution in [0.4, 0.5) is 0 Å². The molecule has 2 fully saturated rings. The molecule has 78 heavy (non-hydrogen) atoms. The summed E-state index contributed by atoms with van der Waals surface area (Å²) in [6, 6.07) is 38.8. The number of primary amides is 1. The van der Waals surface area contributed by atoms with E-state index in [1.165, 1.54) is 38.5 Å². The molecule has 2 aliphatic rings. The average molecular weight is 1040 g/mol. The molecule has 0 spiro atoms. The van der Waals surface area contributed by atoms with Crippen molar-refractivity contribution in [2.45, 2.75) is 77.4 Å². The summed E-state index contributed by atoms with van der Waals surface area (Å²) in [6.45, 7) is 15.1. The topological polar surface area (TPSA) is 166 Å². The Morgan fingerprint density at radius 1 is 0.487 bits per heavy atom. The van der Waals surface area contributed by atoms with E-state index in [4.69, 9.17) is 25.2 Å². The van der Waals surface area contributed by atoms with E-state index in [0.717, 1.165) is 117 Å². The Hall–Kier alpha value is -8.46. The van der Waals surface area contributed by atoms with Gasteiger partial charge in [-0.05, 0) is 160 Å². The summed E-state index contributed by atoms with van der Waals surface area (Å²) >= 11 is 0. The van der Waals surface area contributed by atoms with E-state index in [-0.39, 0.29) is 16.8 Å². The summed E-state index contributed by atoms with van der Waals surface area (Å²) in [5.41, 5.74) is 14.9. The van der Waals surface area contributed by atoms with Crippen LogP contribution in [0.1, 0.15) is 86.9 Å². The predicted molar refractivity (Wildman–Crippen MR) is 308 cm³/mol. The molecule has 396 valence electrons. The van der Waals surface area contributed by atoms with Crippen LogP contribution in [-0.4, -0.2) is 106 Å². The van der Waals surface area contributed by atoms with Crippen LogP contribution in [0.15, 0.2) is 159 Å². The number of piperidine rings is 2. The van der Waals surface area contributed by atoms with Gasteiger partial charge in [0, 0.05) is 65.7 Å². The number of fused-ring (bicyclic) bond motifs is 4. The lowest BCUT2D eigenvalue weighted by Gasteiger charge is -2.35. The minimum atomic E-state index is -0.942. The molecule has 0 atom stereocenters. The number of hydrogen-bond donors (Lipinski definition) is 2. The third kappa shape index (κ3) is 11.2. The Bertz CT molecular complexity index is 3550. The van der Waals surface area contributed by atoms with Crippen LogP contribution < -0.4 is 15.2 Å². The van der Waals surface area contributed by atoms with Crippen molar-refractivity contribution >= 4 is 44.7 Å². The van der Waals surface area contributed by atoms with Crippen molar-refractivity contribution in [3.8, 4) is 56.0 Å². The minimum Gasteiger partial charge on any atom is -0.487 e. The van der Waals surface area contributed by atoms with Gasteiger partial charge in [0.25, 0.3) is 0 Å². The minimum absolute atomic E-state index is 0.259. The molecule has 6 aromatic carbocycles. The van der Waals surface area contributed by atoms with E-state index in [1.54, 1.807) is 27.4 Å². The van der Waals surface area contributed by atoms with E-state index < -0.39 is 11.9 Å². The first-order chi connectivity index (χ1) is 37.8. The summed E-state index contributed by atoms with van der Waals surface area (Å²) in [7, 11) is 0. The van der Waals surface area contributed by atoms with E-state index >= 15 is 0 Å². The summed E-state index contributed by atoms with van der Waals surface area (Å²) < 4.78 is 16.3. The summed E-state index contributed by atoms with van der Waals surface area (Å²) in [5, 5.41) is 22.1. The number of nitrogens with zero attached hydrogens (tertiary/aromatic N) is 8. The maximum atomic E-state index is 12.0. The van der Waals surface area contributed by atoms with E-state index in [9.17, 15) is 14.7 Å². The third-order valence-corrected chi connectivity index (χ3v) is 14.9. The SMILES string of the molecule is CC(C)(CN1CCCCC1)Oc1ccc(-c2cnc3c(-c4ccc(C(=O)O)c5ccccc45)cnn3c2)cc1.CC(C)(CN1CCCCC1)Oc1ccc(-c2cnc3c(-c4ccc(C(N)=O)c5ccccc45)cnn3c2)cc1. The number of likely N-dealkylation sites (tertiary alicyclic amines) is 2. The molecular formula is C64H65N9O5. The molecule has 0 bridgehead atoms. The largest absolute Gasteiger partial charge is 0.487 e. The van der Waals surface area contributed by atoms with E-state index in [1.807, 2.05) is 116 Å². The molecule has 10 aromatic rings. The standard InChI is InChI=1S/C32H33N5O2.C32H32N4O3/c1-32(2,21-36-16-6-3-7-17-36)39-24-12-10-22(11-13-24)23-18-34-31-29(19-35-37(31)20-23)27-14-15-28(30(33)38)26-9-5-4-8-25(26)27;1-32(2,21-35-16-6-3-7-17-35)39-24-12-10-22(11-13-24)23-18-33-30-29(19-34-36(30)20-23)27-14-15-28(31(37)38)26-9-5-4-8-25(26)27/h4-5,8-15,18-20H,3,6-7,16-17,21H2,1-2H3,(H2,33,38);4-5,8-15,18-20H,3,6-7,16-17,21H2,1-2H3,(H,37,38). The van der Waals surface area contributed by atoms with Gasteiger partial charge in [0.05, 0.1) is 18.0 Å². The van der Waals surface area contributed by atoms with Gasteiger partial charge in [0.2, 0.25) is 5.91 Å². The second-order valence-corrected chi connectivity index (χ2v) is 21.9. The van der Waals surface area contributed by atoms with Crippen LogP contribution in [0.5, 0.6) is 11.5 Å². The van der Waals surface area contributed by atoms with Crippen molar-refractivity contribution in [2.75, 3.05) is 39.3 Å². The summed E-state index contributed by atoms with van der Waals surface area (Å²) in [6.07, 6.45) is 19.0. The highest BCUT2D eigenvalue weighted by Crippen LogP contribution is 2.36. The number of hydrogen-bond acceptors (Lipinski definition) is 10. The van der Waals surface area contributed by atoms with Gasteiger partial charge in [-0.15, -0.1) is 0 Å². The highest BCUT2D eigenvalue weighted by molar-refractivity contribution is 6.11. The molecular weight excluding hydrogens is 975 g/mol. The monoisotopic (exact) mass is 1040 g/mol. The van der Waals surface area contributed by atoms with Crippen molar-refractivity contribution in [3.05, 3.63) is 170 Å². The van der Waals surface area contributed by atoms with Gasteiger partial charge >= 0.3 is 5.97 Å². The van der Waals surface area contributed by atoms with Crippen LogP contribution in [0.25, 0.3) is 77.3 Å². The zero-order chi connectivity index (χ0) is 54.0. The Kier molecular flexibility index (Phi) is 14.5. The van der Waals surface area contributed by atoms with Gasteiger partial charge in [0.15, 0.2) is 11.3 Å². The molecule has 0 radical (unpaired) electrons. The number of amides is 1. The van der Waals surface area contributed by atoms with Crippen LogP contribution in [0.3, 0.4) is 0 Å². The smallest absolute Gasteiger partial charge is 0.336 e. The van der Waals surface area contributed by atoms with Crippen LogP contribution >= 0.6 is 0 Å². The lowest BCUT2D eigenvalue weighted by molar-refractivity contribution is 0.0517. The molecule has 0 unspecified atom stereocenters. The molecule has 0 saturated carbocycles. The van der Waals surface area contributed by atoms with Crippen LogP contribution in [0.2, 0.25) is 0 Å².